The second-order valence-electron chi connectivity index (χ2n) is 6.57. The first-order valence-corrected chi connectivity index (χ1v) is 7.14. The molecular formula is C16H26N2O. The van der Waals surface area contributed by atoms with Crippen LogP contribution in [0.25, 0.3) is 0 Å². The number of aryl methyl sites for hydroxylation is 1. The maximum absolute atomic E-state index is 10.3. The van der Waals surface area contributed by atoms with Gasteiger partial charge in [-0.05, 0) is 35.1 Å². The summed E-state index contributed by atoms with van der Waals surface area (Å²) in [5, 5.41) is 13.6. The maximum atomic E-state index is 10.3. The second-order valence-corrected chi connectivity index (χ2v) is 6.57. The summed E-state index contributed by atoms with van der Waals surface area (Å²) >= 11 is 0. The van der Waals surface area contributed by atoms with Gasteiger partial charge in [-0.1, -0.05) is 26.8 Å². The van der Waals surface area contributed by atoms with Crippen molar-refractivity contribution in [3.63, 3.8) is 0 Å². The van der Waals surface area contributed by atoms with E-state index in [1.54, 1.807) is 0 Å². The summed E-state index contributed by atoms with van der Waals surface area (Å²) in [6.45, 7) is 13.8. The average Bonchev–Trinajstić information content (AvgIpc) is 2.33. The molecule has 1 aliphatic heterocycles. The quantitative estimate of drug-likeness (QED) is 0.859. The van der Waals surface area contributed by atoms with Crippen molar-refractivity contribution in [2.45, 2.75) is 39.7 Å². The minimum Gasteiger partial charge on any atom is -0.508 e. The van der Waals surface area contributed by atoms with E-state index in [0.717, 1.165) is 38.3 Å². The first kappa shape index (κ1) is 14.4. The Hall–Kier alpha value is -1.06. The molecule has 106 valence electrons. The normalized spacial score (nSPS) is 17.7. The number of nitrogens with zero attached hydrogens (tertiary/aromatic N) is 1. The maximum Gasteiger partial charge on any atom is 0.119 e. The van der Waals surface area contributed by atoms with Crippen LogP contribution in [0.4, 0.5) is 0 Å². The molecule has 1 heterocycles. The molecular weight excluding hydrogens is 236 g/mol. The summed E-state index contributed by atoms with van der Waals surface area (Å²) in [4.78, 5) is 2.44. The molecule has 1 aromatic rings. The van der Waals surface area contributed by atoms with Crippen molar-refractivity contribution in [3.05, 3.63) is 28.8 Å². The van der Waals surface area contributed by atoms with Crippen LogP contribution < -0.4 is 5.32 Å². The zero-order chi connectivity index (χ0) is 14.0. The van der Waals surface area contributed by atoms with Crippen molar-refractivity contribution in [1.82, 2.24) is 10.2 Å². The van der Waals surface area contributed by atoms with Crippen molar-refractivity contribution in [2.75, 3.05) is 26.2 Å². The number of phenolic OH excluding ortho intramolecular Hbond substituents is 1. The highest BCUT2D eigenvalue weighted by atomic mass is 16.3. The highest BCUT2D eigenvalue weighted by Gasteiger charge is 2.20. The molecule has 0 saturated carbocycles. The van der Waals surface area contributed by atoms with Crippen LogP contribution in [0.5, 0.6) is 5.75 Å². The lowest BCUT2D eigenvalue weighted by atomic mass is 9.84. The Morgan fingerprint density at radius 2 is 1.84 bits per heavy atom. The van der Waals surface area contributed by atoms with Crippen molar-refractivity contribution in [3.8, 4) is 5.75 Å². The van der Waals surface area contributed by atoms with Gasteiger partial charge in [0.1, 0.15) is 5.75 Å². The van der Waals surface area contributed by atoms with Crippen LogP contribution in [0.3, 0.4) is 0 Å². The molecule has 0 atom stereocenters. The van der Waals surface area contributed by atoms with Crippen LogP contribution in [0, 0.1) is 6.92 Å². The molecule has 0 unspecified atom stereocenters. The lowest BCUT2D eigenvalue weighted by molar-refractivity contribution is 0.232. The molecule has 3 heteroatoms. The minimum absolute atomic E-state index is 0.0115. The molecule has 0 aliphatic carbocycles. The molecule has 0 bridgehead atoms. The van der Waals surface area contributed by atoms with E-state index in [-0.39, 0.29) is 5.41 Å². The number of aromatic hydroxyl groups is 1. The zero-order valence-corrected chi connectivity index (χ0v) is 12.6. The molecule has 0 amide bonds. The number of rotatable bonds is 2. The number of hydrogen-bond donors (Lipinski definition) is 2. The van der Waals surface area contributed by atoms with Gasteiger partial charge in [-0.15, -0.1) is 0 Å². The molecule has 1 fully saturated rings. The van der Waals surface area contributed by atoms with Crippen LogP contribution in [-0.4, -0.2) is 36.2 Å². The van der Waals surface area contributed by atoms with Gasteiger partial charge in [-0.25, -0.2) is 0 Å². The van der Waals surface area contributed by atoms with Crippen LogP contribution in [0.2, 0.25) is 0 Å². The van der Waals surface area contributed by atoms with Gasteiger partial charge in [0, 0.05) is 32.7 Å². The molecule has 0 spiro atoms. The highest BCUT2D eigenvalue weighted by molar-refractivity contribution is 5.44. The third-order valence-corrected chi connectivity index (χ3v) is 3.87. The molecule has 1 saturated heterocycles. The number of hydrogen-bond acceptors (Lipinski definition) is 3. The Balaban J connectivity index is 2.20. The van der Waals surface area contributed by atoms with E-state index in [2.05, 4.69) is 44.0 Å². The fraction of sp³-hybridized carbons (Fsp3) is 0.625. The highest BCUT2D eigenvalue weighted by Crippen LogP contribution is 2.33. The van der Waals surface area contributed by atoms with E-state index in [1.165, 1.54) is 11.1 Å². The van der Waals surface area contributed by atoms with Gasteiger partial charge in [0.2, 0.25) is 0 Å². The predicted octanol–water partition coefficient (Wildman–Crippen LogP) is 2.40. The molecule has 3 nitrogen and oxygen atoms in total. The minimum atomic E-state index is -0.0115. The largest absolute Gasteiger partial charge is 0.508 e. The molecule has 19 heavy (non-hydrogen) atoms. The van der Waals surface area contributed by atoms with Crippen molar-refractivity contribution < 1.29 is 5.11 Å². The van der Waals surface area contributed by atoms with Gasteiger partial charge in [0.25, 0.3) is 0 Å². The second kappa shape index (κ2) is 5.51. The lowest BCUT2D eigenvalue weighted by Gasteiger charge is -2.28. The van der Waals surface area contributed by atoms with Gasteiger partial charge >= 0.3 is 0 Å². The van der Waals surface area contributed by atoms with Crippen molar-refractivity contribution in [2.24, 2.45) is 0 Å². The molecule has 0 aromatic heterocycles. The summed E-state index contributed by atoms with van der Waals surface area (Å²) in [6, 6.07) is 4.10. The number of nitrogens with one attached hydrogen (secondary N) is 1. The summed E-state index contributed by atoms with van der Waals surface area (Å²) in [7, 11) is 0. The fourth-order valence-electron chi connectivity index (χ4n) is 2.62. The number of benzene rings is 1. The van der Waals surface area contributed by atoms with E-state index in [0.29, 0.717) is 5.75 Å². The Labute approximate surface area is 116 Å². The summed E-state index contributed by atoms with van der Waals surface area (Å²) in [5.74, 6) is 0.434. The summed E-state index contributed by atoms with van der Waals surface area (Å²) in [5.41, 5.74) is 3.55. The van der Waals surface area contributed by atoms with Crippen LogP contribution in [0.15, 0.2) is 12.1 Å². The van der Waals surface area contributed by atoms with Gasteiger partial charge < -0.3 is 10.4 Å². The number of phenols is 1. The third kappa shape index (κ3) is 3.48. The van der Waals surface area contributed by atoms with Crippen LogP contribution >= 0.6 is 0 Å². The molecule has 0 radical (unpaired) electrons. The third-order valence-electron chi connectivity index (χ3n) is 3.87. The Kier molecular flexibility index (Phi) is 4.16. The van der Waals surface area contributed by atoms with E-state index >= 15 is 0 Å². The predicted molar refractivity (Wildman–Crippen MR) is 79.7 cm³/mol. The SMILES string of the molecule is Cc1cc(C(C)(C)C)c(O)cc1CN1CCNCC1. The van der Waals surface area contributed by atoms with E-state index in [4.69, 9.17) is 0 Å². The lowest BCUT2D eigenvalue weighted by Crippen LogP contribution is -2.43. The monoisotopic (exact) mass is 262 g/mol. The zero-order valence-electron chi connectivity index (χ0n) is 12.6. The van der Waals surface area contributed by atoms with Crippen LogP contribution in [0.1, 0.15) is 37.5 Å². The summed E-state index contributed by atoms with van der Waals surface area (Å²) < 4.78 is 0. The smallest absolute Gasteiger partial charge is 0.119 e. The first-order valence-electron chi connectivity index (χ1n) is 7.14. The Bertz CT molecular complexity index is 443. The van der Waals surface area contributed by atoms with E-state index in [1.807, 2.05) is 6.07 Å². The number of piperazine rings is 1. The van der Waals surface area contributed by atoms with Crippen LogP contribution in [-0.2, 0) is 12.0 Å². The first-order chi connectivity index (χ1) is 8.88. The van der Waals surface area contributed by atoms with Gasteiger partial charge in [-0.3, -0.25) is 4.90 Å². The molecule has 2 N–H and O–H groups in total. The van der Waals surface area contributed by atoms with Crippen molar-refractivity contribution >= 4 is 0 Å². The fourth-order valence-corrected chi connectivity index (χ4v) is 2.62. The van der Waals surface area contributed by atoms with E-state index in [9.17, 15) is 5.11 Å². The Morgan fingerprint density at radius 1 is 1.21 bits per heavy atom. The Morgan fingerprint density at radius 3 is 2.42 bits per heavy atom. The summed E-state index contributed by atoms with van der Waals surface area (Å²) in [6.07, 6.45) is 0. The molecule has 2 rings (SSSR count). The van der Waals surface area contributed by atoms with Gasteiger partial charge in [-0.2, -0.15) is 0 Å². The molecule has 1 aromatic carbocycles. The average molecular weight is 262 g/mol. The topological polar surface area (TPSA) is 35.5 Å². The standard InChI is InChI=1S/C16H26N2O/c1-12-9-14(16(2,3)4)15(19)10-13(12)11-18-7-5-17-6-8-18/h9-10,17,19H,5-8,11H2,1-4H3. The van der Waals surface area contributed by atoms with Gasteiger partial charge in [0.15, 0.2) is 0 Å². The van der Waals surface area contributed by atoms with E-state index < -0.39 is 0 Å². The van der Waals surface area contributed by atoms with Crippen molar-refractivity contribution in [1.29, 1.82) is 0 Å². The molecule has 1 aliphatic rings. The van der Waals surface area contributed by atoms with Gasteiger partial charge in [0.05, 0.1) is 0 Å².